The minimum Gasteiger partial charge on any atom is -0.373 e. The molecule has 1 heterocycles. The van der Waals surface area contributed by atoms with E-state index in [0.29, 0.717) is 25.3 Å². The van der Waals surface area contributed by atoms with Crippen LogP contribution in [0.1, 0.15) is 30.1 Å². The number of carbonyl (C=O) groups excluding carboxylic acids is 2. The fourth-order valence-electron chi connectivity index (χ4n) is 2.73. The summed E-state index contributed by atoms with van der Waals surface area (Å²) in [4.78, 5) is 24.1. The molecule has 0 bridgehead atoms. The highest BCUT2D eigenvalue weighted by Gasteiger charge is 2.32. The molecule has 5 nitrogen and oxygen atoms in total. The van der Waals surface area contributed by atoms with E-state index in [9.17, 15) is 14.0 Å². The summed E-state index contributed by atoms with van der Waals surface area (Å²) >= 11 is 0. The van der Waals surface area contributed by atoms with Crippen molar-refractivity contribution in [3.63, 3.8) is 0 Å². The van der Waals surface area contributed by atoms with E-state index in [4.69, 9.17) is 4.74 Å². The lowest BCUT2D eigenvalue weighted by Gasteiger charge is -2.31. The monoisotopic (exact) mass is 334 g/mol. The van der Waals surface area contributed by atoms with Gasteiger partial charge in [-0.25, -0.2) is 4.39 Å². The number of nitrogens with one attached hydrogen (secondary N) is 2. The lowest BCUT2D eigenvalue weighted by atomic mass is 9.90. The largest absolute Gasteiger partial charge is 0.373 e. The summed E-state index contributed by atoms with van der Waals surface area (Å²) in [5.74, 6) is -1.01. The Balaban J connectivity index is 1.75. The van der Waals surface area contributed by atoms with Crippen molar-refractivity contribution in [2.24, 2.45) is 5.92 Å². The van der Waals surface area contributed by atoms with Gasteiger partial charge in [0.25, 0.3) is 5.91 Å². The standard InChI is InChI=1S/C18H23FN2O3/c1-12(2)16-15(4-3-11-24-16)18(23)21-10-9-20-17(22)13-5-7-14(19)8-6-13/h5-8,15-16H,1,3-4,9-11H2,2H3,(H,20,22)(H,21,23)/t15-,16-/m0/s1. The van der Waals surface area contributed by atoms with Crippen molar-refractivity contribution in [3.8, 4) is 0 Å². The lowest BCUT2D eigenvalue weighted by Crippen LogP contribution is -2.44. The number of hydrogen-bond acceptors (Lipinski definition) is 3. The molecule has 0 unspecified atom stereocenters. The highest BCUT2D eigenvalue weighted by Crippen LogP contribution is 2.25. The molecule has 0 saturated carbocycles. The van der Waals surface area contributed by atoms with Crippen LogP contribution in [0.2, 0.25) is 0 Å². The minimum atomic E-state index is -0.388. The Morgan fingerprint density at radius 1 is 1.25 bits per heavy atom. The van der Waals surface area contributed by atoms with Crippen LogP contribution >= 0.6 is 0 Å². The molecule has 1 aromatic carbocycles. The van der Waals surface area contributed by atoms with Gasteiger partial charge < -0.3 is 15.4 Å². The van der Waals surface area contributed by atoms with E-state index < -0.39 is 0 Å². The van der Waals surface area contributed by atoms with Crippen LogP contribution in [0.4, 0.5) is 4.39 Å². The Morgan fingerprint density at radius 2 is 1.92 bits per heavy atom. The van der Waals surface area contributed by atoms with Crippen molar-refractivity contribution in [1.82, 2.24) is 10.6 Å². The van der Waals surface area contributed by atoms with Gasteiger partial charge in [-0.2, -0.15) is 0 Å². The highest BCUT2D eigenvalue weighted by molar-refractivity contribution is 5.94. The van der Waals surface area contributed by atoms with E-state index in [1.54, 1.807) is 0 Å². The van der Waals surface area contributed by atoms with Crippen molar-refractivity contribution in [2.75, 3.05) is 19.7 Å². The first-order chi connectivity index (χ1) is 11.5. The van der Waals surface area contributed by atoms with Gasteiger partial charge in [0.05, 0.1) is 12.0 Å². The Bertz CT molecular complexity index is 601. The molecule has 0 radical (unpaired) electrons. The third-order valence-electron chi connectivity index (χ3n) is 3.96. The number of hydrogen-bond donors (Lipinski definition) is 2. The Morgan fingerprint density at radius 3 is 2.58 bits per heavy atom. The van der Waals surface area contributed by atoms with Gasteiger partial charge in [0.2, 0.25) is 5.91 Å². The van der Waals surface area contributed by atoms with Crippen molar-refractivity contribution in [1.29, 1.82) is 0 Å². The minimum absolute atomic E-state index is 0.0845. The van der Waals surface area contributed by atoms with Crippen LogP contribution in [0.25, 0.3) is 0 Å². The first-order valence-electron chi connectivity index (χ1n) is 8.07. The molecule has 1 aliphatic rings. The second kappa shape index (κ2) is 8.59. The van der Waals surface area contributed by atoms with E-state index in [0.717, 1.165) is 18.4 Å². The van der Waals surface area contributed by atoms with Gasteiger partial charge in [0.15, 0.2) is 0 Å². The van der Waals surface area contributed by atoms with Crippen molar-refractivity contribution < 1.29 is 18.7 Å². The summed E-state index contributed by atoms with van der Waals surface area (Å²) in [6.07, 6.45) is 1.38. The first kappa shape index (κ1) is 18.1. The van der Waals surface area contributed by atoms with E-state index in [1.807, 2.05) is 6.92 Å². The molecular weight excluding hydrogens is 311 g/mol. The maximum atomic E-state index is 12.8. The zero-order chi connectivity index (χ0) is 17.5. The van der Waals surface area contributed by atoms with Crippen LogP contribution < -0.4 is 10.6 Å². The van der Waals surface area contributed by atoms with Gasteiger partial charge in [-0.05, 0) is 44.0 Å². The zero-order valence-corrected chi connectivity index (χ0v) is 13.8. The van der Waals surface area contributed by atoms with E-state index in [1.165, 1.54) is 24.3 Å². The van der Waals surface area contributed by atoms with E-state index in [2.05, 4.69) is 17.2 Å². The molecule has 0 aromatic heterocycles. The topological polar surface area (TPSA) is 67.4 Å². The number of benzene rings is 1. The van der Waals surface area contributed by atoms with Gasteiger partial charge in [-0.15, -0.1) is 0 Å². The Kier molecular flexibility index (Phi) is 6.49. The molecular formula is C18H23FN2O3. The first-order valence-corrected chi connectivity index (χ1v) is 8.07. The van der Waals surface area contributed by atoms with Gasteiger partial charge >= 0.3 is 0 Å². The molecule has 1 aromatic rings. The number of amides is 2. The molecule has 2 amide bonds. The predicted molar refractivity (Wildman–Crippen MR) is 89.0 cm³/mol. The SMILES string of the molecule is C=C(C)[C@@H]1OCCC[C@@H]1C(=O)NCCNC(=O)c1ccc(F)cc1. The van der Waals surface area contributed by atoms with Crippen LogP contribution in [0.3, 0.4) is 0 Å². The van der Waals surface area contributed by atoms with E-state index >= 15 is 0 Å². The second-order valence-corrected chi connectivity index (χ2v) is 5.94. The molecule has 2 atom stereocenters. The fourth-order valence-corrected chi connectivity index (χ4v) is 2.73. The van der Waals surface area contributed by atoms with Crippen LogP contribution in [0.5, 0.6) is 0 Å². The Hall–Kier alpha value is -2.21. The zero-order valence-electron chi connectivity index (χ0n) is 13.8. The van der Waals surface area contributed by atoms with Crippen molar-refractivity contribution in [3.05, 3.63) is 47.8 Å². The molecule has 1 fully saturated rings. The maximum absolute atomic E-state index is 12.8. The molecule has 2 rings (SSSR count). The van der Waals surface area contributed by atoms with Crippen LogP contribution in [0.15, 0.2) is 36.4 Å². The number of rotatable bonds is 6. The molecule has 1 saturated heterocycles. The number of carbonyl (C=O) groups is 2. The second-order valence-electron chi connectivity index (χ2n) is 5.94. The van der Waals surface area contributed by atoms with Crippen molar-refractivity contribution >= 4 is 11.8 Å². The van der Waals surface area contributed by atoms with E-state index in [-0.39, 0.29) is 29.7 Å². The van der Waals surface area contributed by atoms with Gasteiger partial charge in [-0.1, -0.05) is 12.2 Å². The lowest BCUT2D eigenvalue weighted by molar-refractivity contribution is -0.132. The van der Waals surface area contributed by atoms with Gasteiger partial charge in [0.1, 0.15) is 5.82 Å². The summed E-state index contributed by atoms with van der Waals surface area (Å²) in [7, 11) is 0. The molecule has 2 N–H and O–H groups in total. The molecule has 24 heavy (non-hydrogen) atoms. The molecule has 0 aliphatic carbocycles. The maximum Gasteiger partial charge on any atom is 0.251 e. The summed E-state index contributed by atoms with van der Waals surface area (Å²) in [5, 5.41) is 5.50. The normalized spacial score (nSPS) is 20.2. The highest BCUT2D eigenvalue weighted by atomic mass is 19.1. The van der Waals surface area contributed by atoms with Crippen LogP contribution in [-0.2, 0) is 9.53 Å². The third kappa shape index (κ3) is 4.89. The van der Waals surface area contributed by atoms with Crippen molar-refractivity contribution in [2.45, 2.75) is 25.9 Å². The van der Waals surface area contributed by atoms with Gasteiger partial charge in [-0.3, -0.25) is 9.59 Å². The van der Waals surface area contributed by atoms with Crippen LogP contribution in [-0.4, -0.2) is 37.6 Å². The van der Waals surface area contributed by atoms with Crippen LogP contribution in [0, 0.1) is 11.7 Å². The summed E-state index contributed by atoms with van der Waals surface area (Å²) in [5.41, 5.74) is 1.23. The quantitative estimate of drug-likeness (QED) is 0.618. The summed E-state index contributed by atoms with van der Waals surface area (Å²) in [6.45, 7) is 7.01. The molecule has 6 heteroatoms. The fraction of sp³-hybridized carbons (Fsp3) is 0.444. The predicted octanol–water partition coefficient (Wildman–Crippen LogP) is 2.04. The molecule has 1 aliphatic heterocycles. The Labute approximate surface area is 141 Å². The molecule has 130 valence electrons. The smallest absolute Gasteiger partial charge is 0.251 e. The number of ether oxygens (including phenoxy) is 1. The average Bonchev–Trinajstić information content (AvgIpc) is 2.58. The average molecular weight is 334 g/mol. The summed E-state index contributed by atoms with van der Waals surface area (Å²) in [6, 6.07) is 5.30. The van der Waals surface area contributed by atoms with Gasteiger partial charge in [0, 0.05) is 25.3 Å². The summed E-state index contributed by atoms with van der Waals surface area (Å²) < 4.78 is 18.4. The third-order valence-corrected chi connectivity index (χ3v) is 3.96. The number of halogens is 1. The molecule has 0 spiro atoms.